The predicted octanol–water partition coefficient (Wildman–Crippen LogP) is 2.28. The number of ether oxygens (including phenoxy) is 2. The summed E-state index contributed by atoms with van der Waals surface area (Å²) in [5, 5.41) is 4.55. The number of fused-ring (bicyclic) bond motifs is 1. The van der Waals surface area contributed by atoms with Gasteiger partial charge in [-0.2, -0.15) is 0 Å². The molecule has 11 heteroatoms. The van der Waals surface area contributed by atoms with E-state index in [9.17, 15) is 27.6 Å². The van der Waals surface area contributed by atoms with E-state index in [1.54, 1.807) is 18.2 Å². The second-order valence-electron chi connectivity index (χ2n) is 7.08. The van der Waals surface area contributed by atoms with Gasteiger partial charge in [-0.15, -0.1) is 0 Å². The quantitative estimate of drug-likeness (QED) is 0.568. The predicted molar refractivity (Wildman–Crippen MR) is 100.0 cm³/mol. The molecule has 0 bridgehead atoms. The number of halogens is 3. The third kappa shape index (κ3) is 3.51. The topological polar surface area (TPSA) is 97.0 Å². The van der Waals surface area contributed by atoms with Crippen molar-refractivity contribution >= 4 is 23.5 Å². The van der Waals surface area contributed by atoms with E-state index in [1.165, 1.54) is 6.92 Å². The maximum atomic E-state index is 13.8. The van der Waals surface area contributed by atoms with Crippen LogP contribution in [0.3, 0.4) is 0 Å². The Morgan fingerprint density at radius 1 is 1.10 bits per heavy atom. The number of imide groups is 1. The molecular weight excluding hydrogens is 419 g/mol. The highest BCUT2D eigenvalue weighted by molar-refractivity contribution is 6.10. The Balaban J connectivity index is 1.52. The second-order valence-corrected chi connectivity index (χ2v) is 7.08. The molecule has 162 valence electrons. The molecule has 1 saturated heterocycles. The van der Waals surface area contributed by atoms with E-state index in [1.807, 2.05) is 5.32 Å². The highest BCUT2D eigenvalue weighted by Crippen LogP contribution is 2.36. The molecule has 0 unspecified atom stereocenters. The van der Waals surface area contributed by atoms with Crippen molar-refractivity contribution in [3.05, 3.63) is 53.3 Å². The molecule has 4 rings (SSSR count). The molecule has 0 spiro atoms. The monoisotopic (exact) mass is 435 g/mol. The first-order chi connectivity index (χ1) is 14.7. The van der Waals surface area contributed by atoms with Gasteiger partial charge in [-0.3, -0.25) is 14.5 Å². The summed E-state index contributed by atoms with van der Waals surface area (Å²) in [6.07, 6.45) is 0. The summed E-state index contributed by atoms with van der Waals surface area (Å²) < 4.78 is 51.1. The number of urea groups is 1. The lowest BCUT2D eigenvalue weighted by atomic mass is 9.91. The first-order valence-electron chi connectivity index (χ1n) is 9.18. The van der Waals surface area contributed by atoms with Crippen molar-refractivity contribution in [1.29, 1.82) is 0 Å². The molecule has 4 amide bonds. The summed E-state index contributed by atoms with van der Waals surface area (Å²) in [7, 11) is 0. The van der Waals surface area contributed by atoms with Gasteiger partial charge in [0.25, 0.3) is 5.91 Å². The summed E-state index contributed by atoms with van der Waals surface area (Å²) in [5.74, 6) is -5.54. The van der Waals surface area contributed by atoms with Gasteiger partial charge in [0.2, 0.25) is 5.91 Å². The van der Waals surface area contributed by atoms with Crippen LogP contribution in [0.2, 0.25) is 0 Å². The van der Waals surface area contributed by atoms with E-state index in [-0.39, 0.29) is 0 Å². The molecule has 0 radical (unpaired) electrons. The fourth-order valence-electron chi connectivity index (χ4n) is 3.35. The molecule has 2 aliphatic rings. The van der Waals surface area contributed by atoms with Gasteiger partial charge < -0.3 is 20.1 Å². The fraction of sp³-hybridized carbons (Fsp3) is 0.250. The largest absolute Gasteiger partial charge is 0.486 e. The van der Waals surface area contributed by atoms with Gasteiger partial charge in [0.1, 0.15) is 25.3 Å². The second kappa shape index (κ2) is 7.49. The first-order valence-corrected chi connectivity index (χ1v) is 9.18. The summed E-state index contributed by atoms with van der Waals surface area (Å²) >= 11 is 0. The van der Waals surface area contributed by atoms with Crippen LogP contribution >= 0.6 is 0 Å². The number of nitrogens with zero attached hydrogens (tertiary/aromatic N) is 1. The van der Waals surface area contributed by atoms with Crippen LogP contribution < -0.4 is 20.1 Å². The van der Waals surface area contributed by atoms with Gasteiger partial charge in [0.15, 0.2) is 29.0 Å². The number of hydrogen-bond acceptors (Lipinski definition) is 5. The van der Waals surface area contributed by atoms with Gasteiger partial charge in [-0.05, 0) is 36.8 Å². The molecule has 0 saturated carbocycles. The Bertz CT molecular complexity index is 1110. The average Bonchev–Trinajstić information content (AvgIpc) is 2.97. The van der Waals surface area contributed by atoms with Crippen molar-refractivity contribution in [2.75, 3.05) is 25.1 Å². The number of anilines is 1. The lowest BCUT2D eigenvalue weighted by Gasteiger charge is -2.25. The highest BCUT2D eigenvalue weighted by atomic mass is 19.2. The van der Waals surface area contributed by atoms with Gasteiger partial charge in [0.05, 0.1) is 5.69 Å². The van der Waals surface area contributed by atoms with Crippen LogP contribution in [0.1, 0.15) is 12.5 Å². The lowest BCUT2D eigenvalue weighted by Crippen LogP contribution is -2.42. The molecule has 31 heavy (non-hydrogen) atoms. The van der Waals surface area contributed by atoms with Gasteiger partial charge in [-0.1, -0.05) is 6.07 Å². The summed E-state index contributed by atoms with van der Waals surface area (Å²) in [4.78, 5) is 38.2. The van der Waals surface area contributed by atoms with Crippen molar-refractivity contribution in [3.63, 3.8) is 0 Å². The van der Waals surface area contributed by atoms with Crippen LogP contribution in [-0.4, -0.2) is 42.5 Å². The maximum Gasteiger partial charge on any atom is 0.325 e. The Kier molecular flexibility index (Phi) is 4.96. The SMILES string of the molecule is C[C@]1(c2ccc3c(c2)OCCO3)NC(=O)N(CC(=O)Nc2ccc(F)c(F)c2F)C1=O. The number of carbonyl (C=O) groups excluding carboxylic acids is 3. The standard InChI is InChI=1S/C20H16F3N3O5/c1-20(10-2-5-13-14(8-10)31-7-6-30-13)18(28)26(19(29)25-20)9-15(27)24-12-4-3-11(21)16(22)17(12)23/h2-5,8H,6-7,9H2,1H3,(H,24,27)(H,25,29)/t20-/m1/s1. The molecule has 0 aromatic heterocycles. The van der Waals surface area contributed by atoms with Crippen LogP contribution in [0.25, 0.3) is 0 Å². The van der Waals surface area contributed by atoms with E-state index < -0.39 is 53.1 Å². The van der Waals surface area contributed by atoms with E-state index in [0.29, 0.717) is 41.2 Å². The number of benzene rings is 2. The van der Waals surface area contributed by atoms with E-state index in [0.717, 1.165) is 6.07 Å². The van der Waals surface area contributed by atoms with Crippen molar-refractivity contribution in [2.45, 2.75) is 12.5 Å². The smallest absolute Gasteiger partial charge is 0.325 e. The summed E-state index contributed by atoms with van der Waals surface area (Å²) in [6.45, 7) is 1.43. The van der Waals surface area contributed by atoms with Gasteiger partial charge >= 0.3 is 6.03 Å². The Morgan fingerprint density at radius 2 is 1.81 bits per heavy atom. The third-order valence-electron chi connectivity index (χ3n) is 5.01. The third-order valence-corrected chi connectivity index (χ3v) is 5.01. The summed E-state index contributed by atoms with van der Waals surface area (Å²) in [6, 6.07) is 5.38. The van der Waals surface area contributed by atoms with Gasteiger partial charge in [0, 0.05) is 0 Å². The van der Waals surface area contributed by atoms with Crippen molar-refractivity contribution < 1.29 is 37.0 Å². The zero-order valence-corrected chi connectivity index (χ0v) is 16.1. The van der Waals surface area contributed by atoms with E-state index in [2.05, 4.69) is 5.32 Å². The first kappa shape index (κ1) is 20.5. The molecule has 2 N–H and O–H groups in total. The molecule has 2 aliphatic heterocycles. The van der Waals surface area contributed by atoms with Crippen LogP contribution in [-0.2, 0) is 15.1 Å². The minimum atomic E-state index is -1.75. The zero-order valence-electron chi connectivity index (χ0n) is 16.1. The molecular formula is C20H16F3N3O5. The van der Waals surface area contributed by atoms with Crippen molar-refractivity contribution in [3.8, 4) is 11.5 Å². The minimum absolute atomic E-state index is 0.334. The van der Waals surface area contributed by atoms with E-state index >= 15 is 0 Å². The minimum Gasteiger partial charge on any atom is -0.486 e. The van der Waals surface area contributed by atoms with Crippen LogP contribution in [0.5, 0.6) is 11.5 Å². The number of carbonyl (C=O) groups is 3. The molecule has 2 aromatic rings. The number of amides is 4. The van der Waals surface area contributed by atoms with E-state index in [4.69, 9.17) is 9.47 Å². The van der Waals surface area contributed by atoms with Crippen LogP contribution in [0.4, 0.5) is 23.7 Å². The number of rotatable bonds is 4. The molecule has 2 heterocycles. The van der Waals surface area contributed by atoms with Gasteiger partial charge in [-0.25, -0.2) is 18.0 Å². The Labute approximate surface area is 173 Å². The molecule has 0 aliphatic carbocycles. The normalized spacial score (nSPS) is 19.9. The number of nitrogens with one attached hydrogen (secondary N) is 2. The zero-order chi connectivity index (χ0) is 22.3. The van der Waals surface area contributed by atoms with Crippen LogP contribution in [0.15, 0.2) is 30.3 Å². The summed E-state index contributed by atoms with van der Waals surface area (Å²) in [5.41, 5.74) is -1.70. The number of hydrogen-bond donors (Lipinski definition) is 2. The molecule has 8 nitrogen and oxygen atoms in total. The highest BCUT2D eigenvalue weighted by Gasteiger charge is 2.49. The van der Waals surface area contributed by atoms with Crippen molar-refractivity contribution in [1.82, 2.24) is 10.2 Å². The molecule has 1 atom stereocenters. The Hall–Kier alpha value is -3.76. The van der Waals surface area contributed by atoms with Crippen LogP contribution in [0, 0.1) is 17.5 Å². The molecule has 2 aromatic carbocycles. The van der Waals surface area contributed by atoms with Crippen molar-refractivity contribution in [2.24, 2.45) is 0 Å². The fourth-order valence-corrected chi connectivity index (χ4v) is 3.35. The Morgan fingerprint density at radius 3 is 2.55 bits per heavy atom. The maximum absolute atomic E-state index is 13.8. The lowest BCUT2D eigenvalue weighted by molar-refractivity contribution is -0.133. The molecule has 1 fully saturated rings. The average molecular weight is 435 g/mol.